The largest absolute Gasteiger partial charge is 0.416 e. The third-order valence-corrected chi connectivity index (χ3v) is 6.23. The van der Waals surface area contributed by atoms with Gasteiger partial charge in [0, 0.05) is 11.3 Å². The van der Waals surface area contributed by atoms with Crippen molar-refractivity contribution in [3.63, 3.8) is 0 Å². The van der Waals surface area contributed by atoms with E-state index >= 15 is 0 Å². The fraction of sp³-hybridized carbons (Fsp3) is 0.238. The normalized spacial score (nSPS) is 16.8. The van der Waals surface area contributed by atoms with E-state index in [0.717, 1.165) is 35.1 Å². The second-order valence-corrected chi connectivity index (χ2v) is 8.47. The van der Waals surface area contributed by atoms with E-state index in [2.05, 4.69) is 20.7 Å². The third kappa shape index (κ3) is 4.77. The van der Waals surface area contributed by atoms with Crippen molar-refractivity contribution in [1.29, 1.82) is 0 Å². The summed E-state index contributed by atoms with van der Waals surface area (Å²) >= 11 is 1.08. The molecule has 1 aliphatic rings. The molecule has 0 spiro atoms. The van der Waals surface area contributed by atoms with Gasteiger partial charge in [0.25, 0.3) is 0 Å². The number of alkyl halides is 3. The first kappa shape index (κ1) is 21.9. The zero-order valence-corrected chi connectivity index (χ0v) is 17.6. The molecule has 1 aromatic heterocycles. The Bertz CT molecular complexity index is 1130. The Morgan fingerprint density at radius 1 is 1.25 bits per heavy atom. The molecular weight excluding hydrogens is 443 g/mol. The first-order valence-corrected chi connectivity index (χ1v) is 10.5. The van der Waals surface area contributed by atoms with Crippen LogP contribution in [0, 0.1) is 0 Å². The van der Waals surface area contributed by atoms with Gasteiger partial charge in [0.05, 0.1) is 28.2 Å². The Morgan fingerprint density at radius 2 is 2.00 bits per heavy atom. The highest BCUT2D eigenvalue weighted by Gasteiger charge is 2.34. The maximum absolute atomic E-state index is 12.9. The fourth-order valence-corrected chi connectivity index (χ4v) is 4.36. The number of carbonyl (C=O) groups is 2. The molecule has 2 amide bonds. The SMILES string of the molecule is C[C@@H](NC(=O)C[C@@H]1Sc2ccc(C(F)(F)F)cc2NC1=O)c1ccc(-n2cncn2)cc1. The molecule has 0 saturated carbocycles. The second-order valence-electron chi connectivity index (χ2n) is 7.23. The van der Waals surface area contributed by atoms with Crippen LogP contribution in [0.1, 0.15) is 30.5 Å². The van der Waals surface area contributed by atoms with Crippen LogP contribution in [0.5, 0.6) is 0 Å². The molecule has 0 radical (unpaired) electrons. The van der Waals surface area contributed by atoms with Crippen molar-refractivity contribution in [2.45, 2.75) is 35.7 Å². The van der Waals surface area contributed by atoms with Gasteiger partial charge < -0.3 is 10.6 Å². The molecular formula is C21H18F3N5O2S. The summed E-state index contributed by atoms with van der Waals surface area (Å²) in [5, 5.41) is 8.65. The quantitative estimate of drug-likeness (QED) is 0.600. The summed E-state index contributed by atoms with van der Waals surface area (Å²) in [4.78, 5) is 29.3. The van der Waals surface area contributed by atoms with Crippen molar-refractivity contribution in [1.82, 2.24) is 20.1 Å². The number of hydrogen-bond acceptors (Lipinski definition) is 5. The third-order valence-electron chi connectivity index (χ3n) is 4.95. The van der Waals surface area contributed by atoms with Crippen molar-refractivity contribution in [3.05, 3.63) is 66.2 Å². The van der Waals surface area contributed by atoms with Crippen molar-refractivity contribution in [2.75, 3.05) is 5.32 Å². The van der Waals surface area contributed by atoms with Crippen LogP contribution in [0.4, 0.5) is 18.9 Å². The molecule has 2 atom stereocenters. The number of carbonyl (C=O) groups excluding carboxylic acids is 2. The Balaban J connectivity index is 1.37. The van der Waals surface area contributed by atoms with Gasteiger partial charge >= 0.3 is 6.18 Å². The summed E-state index contributed by atoms with van der Waals surface area (Å²) in [6, 6.07) is 10.3. The first-order valence-electron chi connectivity index (χ1n) is 9.64. The maximum Gasteiger partial charge on any atom is 0.416 e. The monoisotopic (exact) mass is 461 g/mol. The van der Waals surface area contributed by atoms with E-state index in [1.54, 1.807) is 11.0 Å². The van der Waals surface area contributed by atoms with Gasteiger partial charge in [-0.2, -0.15) is 18.3 Å². The predicted molar refractivity (Wildman–Crippen MR) is 112 cm³/mol. The molecule has 2 N–H and O–H groups in total. The molecule has 2 aromatic carbocycles. The number of fused-ring (bicyclic) bond motifs is 1. The second kappa shape index (κ2) is 8.65. The maximum atomic E-state index is 12.9. The van der Waals surface area contributed by atoms with Crippen LogP contribution in [-0.4, -0.2) is 31.8 Å². The molecule has 2 heterocycles. The van der Waals surface area contributed by atoms with Gasteiger partial charge in [0.1, 0.15) is 12.7 Å². The van der Waals surface area contributed by atoms with Crippen molar-refractivity contribution in [3.8, 4) is 5.69 Å². The van der Waals surface area contributed by atoms with Gasteiger partial charge in [-0.25, -0.2) is 9.67 Å². The lowest BCUT2D eigenvalue weighted by Gasteiger charge is -2.25. The van der Waals surface area contributed by atoms with Crippen LogP contribution in [0.25, 0.3) is 5.69 Å². The predicted octanol–water partition coefficient (Wildman–Crippen LogP) is 3.97. The first-order chi connectivity index (χ1) is 15.2. The molecule has 11 heteroatoms. The van der Waals surface area contributed by atoms with Crippen LogP contribution in [0.15, 0.2) is 60.0 Å². The van der Waals surface area contributed by atoms with Crippen LogP contribution in [0.3, 0.4) is 0 Å². The summed E-state index contributed by atoms with van der Waals surface area (Å²) in [6.45, 7) is 1.82. The number of benzene rings is 2. The lowest BCUT2D eigenvalue weighted by atomic mass is 10.1. The van der Waals surface area contributed by atoms with Gasteiger partial charge in [-0.05, 0) is 42.8 Å². The van der Waals surface area contributed by atoms with Gasteiger partial charge in [-0.3, -0.25) is 9.59 Å². The van der Waals surface area contributed by atoms with Crippen LogP contribution >= 0.6 is 11.8 Å². The van der Waals surface area contributed by atoms with Crippen LogP contribution < -0.4 is 10.6 Å². The summed E-state index contributed by atoms with van der Waals surface area (Å²) < 4.78 is 40.3. The fourth-order valence-electron chi connectivity index (χ4n) is 3.27. The standard InChI is InChI=1S/C21H18F3N5O2S/c1-12(13-2-5-15(6-3-13)29-11-25-10-26-29)27-19(30)9-18-20(31)28-16-8-14(21(22,23)24)4-7-17(16)32-18/h2-8,10-12,18H,9H2,1H3,(H,27,30)(H,28,31)/t12-,18+/m1/s1. The minimum Gasteiger partial charge on any atom is -0.350 e. The van der Waals surface area contributed by atoms with E-state index in [-0.39, 0.29) is 24.1 Å². The number of rotatable bonds is 5. The molecule has 3 aromatic rings. The van der Waals surface area contributed by atoms with Crippen molar-refractivity contribution in [2.24, 2.45) is 0 Å². The molecule has 32 heavy (non-hydrogen) atoms. The molecule has 0 unspecified atom stereocenters. The van der Waals surface area contributed by atoms with Crippen LogP contribution in [0.2, 0.25) is 0 Å². The van der Waals surface area contributed by atoms with E-state index in [0.29, 0.717) is 4.90 Å². The molecule has 0 fully saturated rings. The number of hydrogen-bond donors (Lipinski definition) is 2. The summed E-state index contributed by atoms with van der Waals surface area (Å²) in [6.07, 6.45) is -1.58. The molecule has 4 rings (SSSR count). The van der Waals surface area contributed by atoms with Gasteiger partial charge in [0.2, 0.25) is 11.8 Å². The molecule has 7 nitrogen and oxygen atoms in total. The minimum absolute atomic E-state index is 0.0989. The average molecular weight is 461 g/mol. The number of anilines is 1. The minimum atomic E-state index is -4.50. The van der Waals surface area contributed by atoms with Crippen LogP contribution in [-0.2, 0) is 15.8 Å². The Hall–Kier alpha value is -3.34. The highest BCUT2D eigenvalue weighted by atomic mass is 32.2. The summed E-state index contributed by atoms with van der Waals surface area (Å²) in [5.41, 5.74) is 0.963. The lowest BCUT2D eigenvalue weighted by Crippen LogP contribution is -2.35. The van der Waals surface area contributed by atoms with Gasteiger partial charge in [0.15, 0.2) is 0 Å². The van der Waals surface area contributed by atoms with Crippen molar-refractivity contribution >= 4 is 29.3 Å². The number of amides is 2. The van der Waals surface area contributed by atoms with Gasteiger partial charge in [-0.1, -0.05) is 12.1 Å². The highest BCUT2D eigenvalue weighted by molar-refractivity contribution is 8.01. The zero-order valence-electron chi connectivity index (χ0n) is 16.8. The molecule has 1 aliphatic heterocycles. The summed E-state index contributed by atoms with van der Waals surface area (Å²) in [5.74, 6) is -0.831. The van der Waals surface area contributed by atoms with E-state index in [1.165, 1.54) is 12.4 Å². The average Bonchev–Trinajstić information content (AvgIpc) is 3.28. The van der Waals surface area contributed by atoms with E-state index in [1.807, 2.05) is 31.2 Å². The number of halogens is 3. The van der Waals surface area contributed by atoms with Gasteiger partial charge in [-0.15, -0.1) is 11.8 Å². The number of nitrogens with one attached hydrogen (secondary N) is 2. The lowest BCUT2D eigenvalue weighted by molar-refractivity contribution is -0.137. The number of aromatic nitrogens is 3. The van der Waals surface area contributed by atoms with E-state index in [4.69, 9.17) is 0 Å². The molecule has 166 valence electrons. The molecule has 0 bridgehead atoms. The Morgan fingerprint density at radius 3 is 2.66 bits per heavy atom. The van der Waals surface area contributed by atoms with E-state index < -0.39 is 22.9 Å². The topological polar surface area (TPSA) is 88.9 Å². The summed E-state index contributed by atoms with van der Waals surface area (Å²) in [7, 11) is 0. The Labute approximate surface area is 185 Å². The number of nitrogens with zero attached hydrogens (tertiary/aromatic N) is 3. The molecule has 0 saturated heterocycles. The van der Waals surface area contributed by atoms with E-state index in [9.17, 15) is 22.8 Å². The van der Waals surface area contributed by atoms with Crippen molar-refractivity contribution < 1.29 is 22.8 Å². The smallest absolute Gasteiger partial charge is 0.350 e. The number of thioether (sulfide) groups is 1. The molecule has 0 aliphatic carbocycles. The highest BCUT2D eigenvalue weighted by Crippen LogP contribution is 2.40. The zero-order chi connectivity index (χ0) is 22.9. The Kier molecular flexibility index (Phi) is 5.92.